The quantitative estimate of drug-likeness (QED) is 0.743. The van der Waals surface area contributed by atoms with Gasteiger partial charge in [-0.2, -0.15) is 0 Å². The molecule has 1 aromatic carbocycles. The van der Waals surface area contributed by atoms with Gasteiger partial charge in [-0.25, -0.2) is 0 Å². The minimum absolute atomic E-state index is 0.787. The van der Waals surface area contributed by atoms with E-state index in [0.29, 0.717) is 0 Å². The number of rotatable bonds is 2. The summed E-state index contributed by atoms with van der Waals surface area (Å²) in [6, 6.07) is 5.77. The maximum atomic E-state index is 5.69. The summed E-state index contributed by atoms with van der Waals surface area (Å²) in [6.45, 7) is 2.93. The molecule has 0 aliphatic rings. The normalized spacial score (nSPS) is 9.64. The van der Waals surface area contributed by atoms with E-state index < -0.39 is 0 Å². The number of halogens is 1. The molecule has 0 radical (unpaired) electrons. The van der Waals surface area contributed by atoms with E-state index in [2.05, 4.69) is 21.2 Å². The number of hydrogen-bond acceptors (Lipinski definition) is 2. The largest absolute Gasteiger partial charge is 0.397 e. The summed E-state index contributed by atoms with van der Waals surface area (Å²) in [5.41, 5.74) is 7.47. The van der Waals surface area contributed by atoms with Crippen LogP contribution in [0.2, 0.25) is 0 Å². The molecule has 1 rings (SSSR count). The van der Waals surface area contributed by atoms with Crippen molar-refractivity contribution in [2.75, 3.05) is 17.6 Å². The van der Waals surface area contributed by atoms with Crippen molar-refractivity contribution < 1.29 is 0 Å². The Morgan fingerprint density at radius 1 is 1.55 bits per heavy atom. The molecule has 0 saturated heterocycles. The van der Waals surface area contributed by atoms with E-state index in [1.807, 2.05) is 25.1 Å². The van der Waals surface area contributed by atoms with Gasteiger partial charge in [-0.3, -0.25) is 0 Å². The van der Waals surface area contributed by atoms with Gasteiger partial charge in [0.05, 0.1) is 11.4 Å². The lowest BCUT2D eigenvalue weighted by atomic mass is 10.3. The van der Waals surface area contributed by atoms with Crippen LogP contribution in [0.25, 0.3) is 0 Å². The predicted octanol–water partition coefficient (Wildman–Crippen LogP) is 2.46. The maximum absolute atomic E-state index is 5.69. The summed E-state index contributed by atoms with van der Waals surface area (Å²) < 4.78 is 1.04. The molecule has 0 unspecified atom stereocenters. The van der Waals surface area contributed by atoms with Crippen LogP contribution in [0.3, 0.4) is 0 Å². The zero-order valence-corrected chi connectivity index (χ0v) is 7.98. The molecule has 0 heterocycles. The van der Waals surface area contributed by atoms with Gasteiger partial charge in [-0.1, -0.05) is 15.9 Å². The SMILES string of the molecule is CCNc1cc(Br)ccc1N. The molecule has 3 heteroatoms. The van der Waals surface area contributed by atoms with E-state index in [0.717, 1.165) is 22.4 Å². The van der Waals surface area contributed by atoms with Crippen LogP contribution in [0.1, 0.15) is 6.92 Å². The first kappa shape index (κ1) is 8.40. The standard InChI is InChI=1S/C8H11BrN2/c1-2-11-8-5-6(9)3-4-7(8)10/h3-5,11H,2,10H2,1H3. The van der Waals surface area contributed by atoms with E-state index in [-0.39, 0.29) is 0 Å². The Morgan fingerprint density at radius 3 is 2.91 bits per heavy atom. The molecule has 0 aromatic heterocycles. The highest BCUT2D eigenvalue weighted by atomic mass is 79.9. The van der Waals surface area contributed by atoms with Crippen molar-refractivity contribution in [3.05, 3.63) is 22.7 Å². The average molecular weight is 215 g/mol. The van der Waals surface area contributed by atoms with Crippen LogP contribution < -0.4 is 11.1 Å². The molecule has 11 heavy (non-hydrogen) atoms. The van der Waals surface area contributed by atoms with Crippen LogP contribution in [0.5, 0.6) is 0 Å². The topological polar surface area (TPSA) is 38.0 Å². The molecule has 2 nitrogen and oxygen atoms in total. The third kappa shape index (κ3) is 2.12. The number of hydrogen-bond donors (Lipinski definition) is 2. The second-order valence-corrected chi connectivity index (χ2v) is 3.18. The number of nitrogens with one attached hydrogen (secondary N) is 1. The highest BCUT2D eigenvalue weighted by Crippen LogP contribution is 2.22. The van der Waals surface area contributed by atoms with Gasteiger partial charge in [0, 0.05) is 11.0 Å². The van der Waals surface area contributed by atoms with Crippen molar-refractivity contribution in [1.82, 2.24) is 0 Å². The lowest BCUT2D eigenvalue weighted by Crippen LogP contribution is -2.00. The van der Waals surface area contributed by atoms with Crippen LogP contribution in [-0.2, 0) is 0 Å². The Kier molecular flexibility index (Phi) is 2.76. The van der Waals surface area contributed by atoms with Crippen LogP contribution >= 0.6 is 15.9 Å². The number of anilines is 2. The Bertz CT molecular complexity index is 248. The van der Waals surface area contributed by atoms with E-state index >= 15 is 0 Å². The zero-order valence-electron chi connectivity index (χ0n) is 6.39. The lowest BCUT2D eigenvalue weighted by Gasteiger charge is -2.06. The van der Waals surface area contributed by atoms with Crippen molar-refractivity contribution in [1.29, 1.82) is 0 Å². The average Bonchev–Trinajstić information content (AvgIpc) is 1.98. The number of benzene rings is 1. The number of nitrogens with two attached hydrogens (primary N) is 1. The molecule has 0 bridgehead atoms. The molecule has 0 atom stereocenters. The maximum Gasteiger partial charge on any atom is 0.0585 e. The molecule has 0 amide bonds. The van der Waals surface area contributed by atoms with Gasteiger partial charge in [0.25, 0.3) is 0 Å². The van der Waals surface area contributed by atoms with Crippen LogP contribution in [0, 0.1) is 0 Å². The van der Waals surface area contributed by atoms with E-state index in [1.165, 1.54) is 0 Å². The fourth-order valence-corrected chi connectivity index (χ4v) is 1.23. The fraction of sp³-hybridized carbons (Fsp3) is 0.250. The monoisotopic (exact) mass is 214 g/mol. The van der Waals surface area contributed by atoms with Gasteiger partial charge in [-0.05, 0) is 25.1 Å². The summed E-state index contributed by atoms with van der Waals surface area (Å²) in [4.78, 5) is 0. The summed E-state index contributed by atoms with van der Waals surface area (Å²) in [5.74, 6) is 0. The Labute approximate surface area is 74.9 Å². The molecule has 3 N–H and O–H groups in total. The molecule has 0 saturated carbocycles. The molecule has 60 valence electrons. The molecule has 0 aliphatic heterocycles. The Hall–Kier alpha value is -0.700. The molecule has 0 aliphatic carbocycles. The van der Waals surface area contributed by atoms with Gasteiger partial charge in [0.1, 0.15) is 0 Å². The fourth-order valence-electron chi connectivity index (χ4n) is 0.872. The minimum Gasteiger partial charge on any atom is -0.397 e. The first-order valence-corrected chi connectivity index (χ1v) is 4.32. The first-order chi connectivity index (χ1) is 5.24. The first-order valence-electron chi connectivity index (χ1n) is 3.53. The minimum atomic E-state index is 0.787. The van der Waals surface area contributed by atoms with Crippen LogP contribution in [0.15, 0.2) is 22.7 Å². The van der Waals surface area contributed by atoms with Gasteiger partial charge in [0.2, 0.25) is 0 Å². The van der Waals surface area contributed by atoms with E-state index in [1.54, 1.807) is 0 Å². The highest BCUT2D eigenvalue weighted by molar-refractivity contribution is 9.10. The van der Waals surface area contributed by atoms with Gasteiger partial charge >= 0.3 is 0 Å². The van der Waals surface area contributed by atoms with Crippen molar-refractivity contribution in [3.8, 4) is 0 Å². The zero-order chi connectivity index (χ0) is 8.27. The van der Waals surface area contributed by atoms with Crippen molar-refractivity contribution in [3.63, 3.8) is 0 Å². The summed E-state index contributed by atoms with van der Waals surface area (Å²) >= 11 is 3.37. The molecule has 0 spiro atoms. The number of nitrogen functional groups attached to an aromatic ring is 1. The summed E-state index contributed by atoms with van der Waals surface area (Å²) in [5, 5.41) is 3.16. The van der Waals surface area contributed by atoms with E-state index in [9.17, 15) is 0 Å². The second-order valence-electron chi connectivity index (χ2n) is 2.26. The Morgan fingerprint density at radius 2 is 2.27 bits per heavy atom. The second kappa shape index (κ2) is 3.62. The van der Waals surface area contributed by atoms with Gasteiger partial charge in [-0.15, -0.1) is 0 Å². The highest BCUT2D eigenvalue weighted by Gasteiger charge is 1.96. The van der Waals surface area contributed by atoms with E-state index in [4.69, 9.17) is 5.73 Å². The lowest BCUT2D eigenvalue weighted by molar-refractivity contribution is 1.21. The molecule has 0 fully saturated rings. The summed E-state index contributed by atoms with van der Waals surface area (Å²) in [7, 11) is 0. The van der Waals surface area contributed by atoms with Gasteiger partial charge < -0.3 is 11.1 Å². The van der Waals surface area contributed by atoms with Crippen molar-refractivity contribution in [2.24, 2.45) is 0 Å². The third-order valence-corrected chi connectivity index (χ3v) is 1.88. The summed E-state index contributed by atoms with van der Waals surface area (Å²) in [6.07, 6.45) is 0. The van der Waals surface area contributed by atoms with Crippen molar-refractivity contribution >= 4 is 27.3 Å². The molecular formula is C8H11BrN2. The van der Waals surface area contributed by atoms with Crippen LogP contribution in [0.4, 0.5) is 11.4 Å². The smallest absolute Gasteiger partial charge is 0.0585 e. The molecular weight excluding hydrogens is 204 g/mol. The third-order valence-electron chi connectivity index (χ3n) is 1.38. The molecule has 1 aromatic rings. The van der Waals surface area contributed by atoms with Crippen LogP contribution in [-0.4, -0.2) is 6.54 Å². The van der Waals surface area contributed by atoms with Gasteiger partial charge in [0.15, 0.2) is 0 Å². The van der Waals surface area contributed by atoms with Crippen molar-refractivity contribution in [2.45, 2.75) is 6.92 Å². The predicted molar refractivity (Wildman–Crippen MR) is 52.7 cm³/mol. The Balaban J connectivity index is 2.93.